The van der Waals surface area contributed by atoms with Crippen LogP contribution in [0, 0.1) is 6.92 Å². The minimum Gasteiger partial charge on any atom is -0.459 e. The maximum absolute atomic E-state index is 12.1. The number of ether oxygens (including phenoxy) is 1. The van der Waals surface area contributed by atoms with Crippen LogP contribution in [0.2, 0.25) is 0 Å². The van der Waals surface area contributed by atoms with E-state index in [1.165, 1.54) is 16.7 Å². The summed E-state index contributed by atoms with van der Waals surface area (Å²) in [6.45, 7) is 1.37. The van der Waals surface area contributed by atoms with Gasteiger partial charge in [-0.1, -0.05) is 6.07 Å². The molecule has 0 aliphatic heterocycles. The molecule has 11 heteroatoms. The molecule has 1 N–H and O–H groups in total. The first-order chi connectivity index (χ1) is 13.3. The Morgan fingerprint density at radius 3 is 2.79 bits per heavy atom. The third-order valence-corrected chi connectivity index (χ3v) is 5.32. The molecule has 0 aromatic carbocycles. The molecule has 0 fully saturated rings. The average molecular weight is 405 g/mol. The summed E-state index contributed by atoms with van der Waals surface area (Å²) >= 11 is 0. The lowest BCUT2D eigenvalue weighted by Gasteiger charge is -2.07. The van der Waals surface area contributed by atoms with Crippen molar-refractivity contribution in [3.63, 3.8) is 0 Å². The molecular formula is C17H19N5O5S. The van der Waals surface area contributed by atoms with Gasteiger partial charge in [0.05, 0.1) is 12.1 Å². The van der Waals surface area contributed by atoms with Crippen molar-refractivity contribution in [2.75, 3.05) is 6.54 Å². The van der Waals surface area contributed by atoms with Crippen LogP contribution in [-0.2, 0) is 33.2 Å². The minimum atomic E-state index is -3.80. The molecule has 28 heavy (non-hydrogen) atoms. The van der Waals surface area contributed by atoms with Crippen LogP contribution in [0.1, 0.15) is 17.9 Å². The van der Waals surface area contributed by atoms with Crippen molar-refractivity contribution in [1.82, 2.24) is 23.7 Å². The molecule has 0 amide bonds. The quantitative estimate of drug-likeness (QED) is 0.555. The van der Waals surface area contributed by atoms with Crippen LogP contribution in [0.5, 0.6) is 0 Å². The van der Waals surface area contributed by atoms with E-state index in [0.717, 1.165) is 0 Å². The third kappa shape index (κ3) is 4.43. The van der Waals surface area contributed by atoms with Crippen molar-refractivity contribution in [2.24, 2.45) is 7.05 Å². The van der Waals surface area contributed by atoms with Gasteiger partial charge in [0, 0.05) is 32.1 Å². The van der Waals surface area contributed by atoms with E-state index in [9.17, 15) is 18.0 Å². The summed E-state index contributed by atoms with van der Waals surface area (Å²) in [5.74, 6) is -0.0615. The van der Waals surface area contributed by atoms with Gasteiger partial charge >= 0.3 is 5.97 Å². The Hall–Kier alpha value is -3.05. The van der Waals surface area contributed by atoms with Crippen molar-refractivity contribution in [3.8, 4) is 0 Å². The van der Waals surface area contributed by atoms with E-state index >= 15 is 0 Å². The number of rotatable bonds is 7. The zero-order valence-electron chi connectivity index (χ0n) is 15.3. The van der Waals surface area contributed by atoms with Crippen LogP contribution in [0.25, 0.3) is 5.65 Å². The molecule has 3 aromatic heterocycles. The maximum atomic E-state index is 12.1. The van der Waals surface area contributed by atoms with Crippen LogP contribution in [0.3, 0.4) is 0 Å². The molecule has 0 saturated carbocycles. The number of hydrogen-bond donors (Lipinski definition) is 1. The van der Waals surface area contributed by atoms with Crippen LogP contribution in [-0.4, -0.2) is 39.9 Å². The third-order valence-electron chi connectivity index (χ3n) is 3.99. The van der Waals surface area contributed by atoms with Crippen molar-refractivity contribution >= 4 is 21.6 Å². The predicted molar refractivity (Wildman–Crippen MR) is 99.0 cm³/mol. The van der Waals surface area contributed by atoms with Gasteiger partial charge in [-0.05, 0) is 19.1 Å². The zero-order valence-corrected chi connectivity index (χ0v) is 16.1. The van der Waals surface area contributed by atoms with Gasteiger partial charge in [-0.15, -0.1) is 0 Å². The Morgan fingerprint density at radius 2 is 2.07 bits per heavy atom. The highest BCUT2D eigenvalue weighted by Crippen LogP contribution is 2.07. The molecule has 0 spiro atoms. The molecule has 0 unspecified atom stereocenters. The molecule has 0 aliphatic rings. The summed E-state index contributed by atoms with van der Waals surface area (Å²) in [4.78, 5) is 32.0. The smallest absolute Gasteiger partial charge is 0.307 e. The van der Waals surface area contributed by atoms with Crippen molar-refractivity contribution < 1.29 is 17.9 Å². The van der Waals surface area contributed by atoms with Crippen LogP contribution in [0.4, 0.5) is 0 Å². The number of aromatic nitrogens is 4. The maximum Gasteiger partial charge on any atom is 0.307 e. The van der Waals surface area contributed by atoms with E-state index in [2.05, 4.69) is 14.7 Å². The van der Waals surface area contributed by atoms with E-state index in [1.54, 1.807) is 42.9 Å². The van der Waals surface area contributed by atoms with Gasteiger partial charge in [0.15, 0.2) is 5.03 Å². The summed E-state index contributed by atoms with van der Waals surface area (Å²) in [5, 5.41) is -0.110. The highest BCUT2D eigenvalue weighted by molar-refractivity contribution is 7.89. The van der Waals surface area contributed by atoms with E-state index < -0.39 is 16.0 Å². The van der Waals surface area contributed by atoms with Gasteiger partial charge in [0.25, 0.3) is 15.6 Å². The van der Waals surface area contributed by atoms with Gasteiger partial charge < -0.3 is 9.30 Å². The molecule has 3 rings (SSSR count). The molecule has 0 aliphatic carbocycles. The monoisotopic (exact) mass is 405 g/mol. The van der Waals surface area contributed by atoms with E-state index in [0.29, 0.717) is 17.2 Å². The van der Waals surface area contributed by atoms with Crippen LogP contribution < -0.4 is 10.3 Å². The van der Waals surface area contributed by atoms with E-state index in [4.69, 9.17) is 4.74 Å². The van der Waals surface area contributed by atoms with Crippen LogP contribution >= 0.6 is 0 Å². The highest BCUT2D eigenvalue weighted by atomic mass is 32.2. The summed E-state index contributed by atoms with van der Waals surface area (Å²) in [6.07, 6.45) is 2.81. The Kier molecular flexibility index (Phi) is 5.56. The molecule has 148 valence electrons. The Bertz CT molecular complexity index is 1160. The fraction of sp³-hybridized carbons (Fsp3) is 0.294. The molecule has 0 atom stereocenters. The number of imidazole rings is 1. The lowest BCUT2D eigenvalue weighted by atomic mass is 10.4. The highest BCUT2D eigenvalue weighted by Gasteiger charge is 2.18. The second kappa shape index (κ2) is 7.90. The number of pyridine rings is 1. The number of nitrogens with zero attached hydrogens (tertiary/aromatic N) is 4. The Balaban J connectivity index is 1.53. The molecule has 0 radical (unpaired) electrons. The van der Waals surface area contributed by atoms with Gasteiger partial charge in [0.1, 0.15) is 18.1 Å². The number of hydrogen-bond acceptors (Lipinski definition) is 7. The normalized spacial score (nSPS) is 11.6. The Labute approximate surface area is 160 Å². The molecule has 10 nitrogen and oxygen atoms in total. The average Bonchev–Trinajstić information content (AvgIpc) is 3.00. The van der Waals surface area contributed by atoms with Gasteiger partial charge in [-0.2, -0.15) is 0 Å². The number of nitrogens with one attached hydrogen (secondary N) is 1. The Morgan fingerprint density at radius 1 is 1.29 bits per heavy atom. The first-order valence-corrected chi connectivity index (χ1v) is 9.87. The fourth-order valence-electron chi connectivity index (χ4n) is 2.42. The SMILES string of the molecule is Cc1nc(S(=O)(=O)NCCC(=O)OCc2cc(=O)n3ccccc3n2)cn1C. The second-order valence-corrected chi connectivity index (χ2v) is 7.77. The number of aryl methyl sites for hydroxylation is 2. The number of esters is 1. The fourth-order valence-corrected chi connectivity index (χ4v) is 3.49. The standard InChI is InChI=1S/C17H19N5O5S/c1-12-19-15(10-21(12)2)28(25,26)18-7-6-17(24)27-11-13-9-16(23)22-8-4-3-5-14(22)20-13/h3-5,8-10,18H,6-7,11H2,1-2H3. The largest absolute Gasteiger partial charge is 0.459 e. The lowest BCUT2D eigenvalue weighted by Crippen LogP contribution is -2.27. The van der Waals surface area contributed by atoms with Crippen molar-refractivity contribution in [3.05, 3.63) is 58.5 Å². The summed E-state index contributed by atoms with van der Waals surface area (Å²) < 4.78 is 34.6. The van der Waals surface area contributed by atoms with Crippen LogP contribution in [0.15, 0.2) is 46.5 Å². The summed E-state index contributed by atoms with van der Waals surface area (Å²) in [7, 11) is -2.11. The first-order valence-electron chi connectivity index (χ1n) is 8.39. The number of carbonyl (C=O) groups is 1. The van der Waals surface area contributed by atoms with Gasteiger partial charge in [-0.25, -0.2) is 23.1 Å². The first kappa shape index (κ1) is 19.7. The number of fused-ring (bicyclic) bond motifs is 1. The van der Waals surface area contributed by atoms with Crippen molar-refractivity contribution in [1.29, 1.82) is 0 Å². The molecule has 3 heterocycles. The number of sulfonamides is 1. The molecule has 0 saturated heterocycles. The van der Waals surface area contributed by atoms with E-state index in [1.807, 2.05) is 0 Å². The molecule has 3 aromatic rings. The number of carbonyl (C=O) groups excluding carboxylic acids is 1. The second-order valence-electron chi connectivity index (χ2n) is 6.06. The lowest BCUT2D eigenvalue weighted by molar-refractivity contribution is -0.144. The summed E-state index contributed by atoms with van der Waals surface area (Å²) in [6, 6.07) is 6.41. The molecular weight excluding hydrogens is 386 g/mol. The van der Waals surface area contributed by atoms with Crippen molar-refractivity contribution in [2.45, 2.75) is 25.0 Å². The topological polar surface area (TPSA) is 125 Å². The predicted octanol–water partition coefficient (Wildman–Crippen LogP) is 0.148. The van der Waals surface area contributed by atoms with Gasteiger partial charge in [-0.3, -0.25) is 14.0 Å². The minimum absolute atomic E-state index is 0.110. The molecule has 0 bridgehead atoms. The zero-order chi connectivity index (χ0) is 20.3. The summed E-state index contributed by atoms with van der Waals surface area (Å²) in [5.41, 5.74) is 0.476. The van der Waals surface area contributed by atoms with Gasteiger partial charge in [0.2, 0.25) is 0 Å². The van der Waals surface area contributed by atoms with E-state index in [-0.39, 0.29) is 30.2 Å².